The van der Waals surface area contributed by atoms with E-state index >= 15 is 0 Å². The lowest BCUT2D eigenvalue weighted by molar-refractivity contribution is -0.172. The van der Waals surface area contributed by atoms with Crippen molar-refractivity contribution in [1.82, 2.24) is 14.9 Å². The highest BCUT2D eigenvalue weighted by Gasteiger charge is 2.50. The lowest BCUT2D eigenvalue weighted by atomic mass is 9.96. The van der Waals surface area contributed by atoms with Gasteiger partial charge in [-0.15, -0.1) is 0 Å². The average Bonchev–Trinajstić information content (AvgIpc) is 2.98. The maximum Gasteiger partial charge on any atom is 0.395 e. The molecule has 5 nitrogen and oxygen atoms in total. The highest BCUT2D eigenvalue weighted by atomic mass is 19.4. The van der Waals surface area contributed by atoms with Crippen molar-refractivity contribution >= 4 is 11.7 Å². The van der Waals surface area contributed by atoms with Gasteiger partial charge in [-0.25, -0.2) is 9.97 Å². The molecule has 2 heterocycles. The van der Waals surface area contributed by atoms with E-state index in [9.17, 15) is 18.0 Å². The molecule has 2 rings (SSSR count). The molecule has 0 aliphatic carbocycles. The summed E-state index contributed by atoms with van der Waals surface area (Å²) in [5.41, 5.74) is 0.520. The Kier molecular flexibility index (Phi) is 6.17. The second kappa shape index (κ2) is 7.86. The first-order valence-corrected chi connectivity index (χ1v) is 9.04. The Morgan fingerprint density at radius 1 is 1.33 bits per heavy atom. The first-order chi connectivity index (χ1) is 12.4. The van der Waals surface area contributed by atoms with Crippen molar-refractivity contribution in [1.29, 1.82) is 0 Å². The molecule has 0 saturated carbocycles. The van der Waals surface area contributed by atoms with Gasteiger partial charge in [0.25, 0.3) is 0 Å². The Balaban J connectivity index is 2.22. The number of carbonyl (C=O) groups is 1. The van der Waals surface area contributed by atoms with E-state index in [2.05, 4.69) is 15.3 Å². The number of allylic oxidation sites excluding steroid dienone is 1. The van der Waals surface area contributed by atoms with Crippen LogP contribution >= 0.6 is 0 Å². The van der Waals surface area contributed by atoms with E-state index in [1.165, 1.54) is 17.2 Å². The van der Waals surface area contributed by atoms with Crippen LogP contribution in [0.25, 0.3) is 0 Å². The molecule has 0 radical (unpaired) electrons. The first-order valence-electron chi connectivity index (χ1n) is 9.04. The summed E-state index contributed by atoms with van der Waals surface area (Å²) < 4.78 is 40.6. The van der Waals surface area contributed by atoms with Crippen LogP contribution in [0.1, 0.15) is 46.9 Å². The van der Waals surface area contributed by atoms with Crippen LogP contribution in [0.2, 0.25) is 0 Å². The predicted molar refractivity (Wildman–Crippen MR) is 98.3 cm³/mol. The summed E-state index contributed by atoms with van der Waals surface area (Å²) in [4.78, 5) is 22.1. The second-order valence-corrected chi connectivity index (χ2v) is 8.00. The molecule has 1 aromatic rings. The first kappa shape index (κ1) is 21.2. The van der Waals surface area contributed by atoms with Crippen molar-refractivity contribution in [2.45, 2.75) is 58.7 Å². The fraction of sp³-hybridized carbons (Fsp3) is 0.632. The van der Waals surface area contributed by atoms with E-state index in [0.29, 0.717) is 18.1 Å². The van der Waals surface area contributed by atoms with Gasteiger partial charge in [0, 0.05) is 30.8 Å². The second-order valence-electron chi connectivity index (χ2n) is 8.00. The quantitative estimate of drug-likeness (QED) is 0.799. The zero-order valence-corrected chi connectivity index (χ0v) is 16.4. The number of aromatic nitrogens is 2. The third kappa shape index (κ3) is 5.43. The molecule has 1 N–H and O–H groups in total. The summed E-state index contributed by atoms with van der Waals surface area (Å²) in [5, 5.41) is 2.88. The number of carbonyl (C=O) groups excluding carboxylic acids is 1. The number of hydrogen-bond donors (Lipinski definition) is 1. The van der Waals surface area contributed by atoms with Gasteiger partial charge in [0.15, 0.2) is 0 Å². The Hall–Kier alpha value is -2.12. The van der Waals surface area contributed by atoms with Crippen molar-refractivity contribution in [2.75, 3.05) is 18.4 Å². The van der Waals surface area contributed by atoms with Crippen LogP contribution in [0.15, 0.2) is 23.9 Å². The van der Waals surface area contributed by atoms with Crippen LogP contribution in [-0.2, 0) is 10.2 Å². The zero-order valence-electron chi connectivity index (χ0n) is 16.4. The van der Waals surface area contributed by atoms with Gasteiger partial charge in [-0.05, 0) is 19.4 Å². The maximum absolute atomic E-state index is 13.5. The van der Waals surface area contributed by atoms with E-state index in [1.807, 2.05) is 27.7 Å². The van der Waals surface area contributed by atoms with Gasteiger partial charge in [-0.1, -0.05) is 33.3 Å². The molecule has 27 heavy (non-hydrogen) atoms. The van der Waals surface area contributed by atoms with Gasteiger partial charge in [-0.3, -0.25) is 4.79 Å². The molecule has 1 amide bonds. The number of amides is 1. The van der Waals surface area contributed by atoms with Crippen molar-refractivity contribution in [3.05, 3.63) is 29.7 Å². The standard InChI is InChI=1S/C19H27F3N4O/c1-6-12(2)9-16(27)26-10-13(19(20,21)22)14(11-26)24-15-7-8-23-17(25-15)18(3,4)5/h7-9,13-14H,6,10-11H2,1-5H3,(H,23,24,25)/b12-9+/t13-,14-/m1/s1. The molecule has 0 aromatic carbocycles. The van der Waals surface area contributed by atoms with E-state index in [1.54, 1.807) is 13.0 Å². The summed E-state index contributed by atoms with van der Waals surface area (Å²) in [6, 6.07) is 0.598. The minimum Gasteiger partial charge on any atom is -0.365 e. The number of nitrogens with zero attached hydrogens (tertiary/aromatic N) is 3. The van der Waals surface area contributed by atoms with Crippen molar-refractivity contribution in [3.63, 3.8) is 0 Å². The van der Waals surface area contributed by atoms with Crippen molar-refractivity contribution in [2.24, 2.45) is 5.92 Å². The molecule has 8 heteroatoms. The highest BCUT2D eigenvalue weighted by molar-refractivity contribution is 5.88. The lowest BCUT2D eigenvalue weighted by Gasteiger charge is -2.23. The number of anilines is 1. The molecule has 0 bridgehead atoms. The van der Waals surface area contributed by atoms with Crippen molar-refractivity contribution in [3.8, 4) is 0 Å². The lowest BCUT2D eigenvalue weighted by Crippen LogP contribution is -2.38. The molecule has 1 aliphatic rings. The van der Waals surface area contributed by atoms with Crippen LogP contribution in [0.4, 0.5) is 19.0 Å². The molecule has 0 unspecified atom stereocenters. The zero-order chi connectivity index (χ0) is 20.4. The van der Waals surface area contributed by atoms with Crippen LogP contribution in [0, 0.1) is 5.92 Å². The van der Waals surface area contributed by atoms with Gasteiger partial charge in [0.1, 0.15) is 11.6 Å². The number of nitrogens with one attached hydrogen (secondary N) is 1. The third-order valence-electron chi connectivity index (χ3n) is 4.64. The minimum atomic E-state index is -4.41. The summed E-state index contributed by atoms with van der Waals surface area (Å²) in [5.74, 6) is -1.15. The predicted octanol–water partition coefficient (Wildman–Crippen LogP) is 3.93. The van der Waals surface area contributed by atoms with Crippen LogP contribution in [0.3, 0.4) is 0 Å². The Bertz CT molecular complexity index is 710. The van der Waals surface area contributed by atoms with Gasteiger partial charge < -0.3 is 10.2 Å². The third-order valence-corrected chi connectivity index (χ3v) is 4.64. The van der Waals surface area contributed by atoms with Crippen LogP contribution in [0.5, 0.6) is 0 Å². The van der Waals surface area contributed by atoms with E-state index in [4.69, 9.17) is 0 Å². The molecule has 1 fully saturated rings. The van der Waals surface area contributed by atoms with Crippen LogP contribution in [-0.4, -0.2) is 46.1 Å². The normalized spacial score (nSPS) is 21.5. The molecule has 1 aliphatic heterocycles. The summed E-state index contributed by atoms with van der Waals surface area (Å²) in [6.45, 7) is 9.11. The fourth-order valence-electron chi connectivity index (χ4n) is 2.86. The molecule has 2 atom stereocenters. The van der Waals surface area contributed by atoms with E-state index in [-0.39, 0.29) is 24.4 Å². The molecule has 150 valence electrons. The maximum atomic E-state index is 13.5. The number of likely N-dealkylation sites (tertiary alicyclic amines) is 1. The van der Waals surface area contributed by atoms with Gasteiger partial charge >= 0.3 is 6.18 Å². The van der Waals surface area contributed by atoms with Gasteiger partial charge in [-0.2, -0.15) is 13.2 Å². The highest BCUT2D eigenvalue weighted by Crippen LogP contribution is 2.35. The minimum absolute atomic E-state index is 0.0225. The molecule has 0 spiro atoms. The largest absolute Gasteiger partial charge is 0.395 e. The van der Waals surface area contributed by atoms with Gasteiger partial charge in [0.2, 0.25) is 5.91 Å². The number of halogens is 3. The molecular formula is C19H27F3N4O. The summed E-state index contributed by atoms with van der Waals surface area (Å²) >= 11 is 0. The number of alkyl halides is 3. The SMILES string of the molecule is CC/C(C)=C/C(=O)N1C[C@@H](C(F)(F)F)[C@H](Nc2ccnc(C(C)(C)C)n2)C1. The smallest absolute Gasteiger partial charge is 0.365 e. The average molecular weight is 384 g/mol. The Morgan fingerprint density at radius 2 is 2.00 bits per heavy atom. The van der Waals surface area contributed by atoms with Gasteiger partial charge in [0.05, 0.1) is 12.0 Å². The summed E-state index contributed by atoms with van der Waals surface area (Å²) in [6.07, 6.45) is -0.779. The van der Waals surface area contributed by atoms with Crippen molar-refractivity contribution < 1.29 is 18.0 Å². The fourth-order valence-corrected chi connectivity index (χ4v) is 2.86. The molecule has 1 aromatic heterocycles. The summed E-state index contributed by atoms with van der Waals surface area (Å²) in [7, 11) is 0. The number of hydrogen-bond acceptors (Lipinski definition) is 4. The Labute approximate surface area is 158 Å². The number of rotatable bonds is 4. The molecular weight excluding hydrogens is 357 g/mol. The van der Waals surface area contributed by atoms with E-state index in [0.717, 1.165) is 5.57 Å². The Morgan fingerprint density at radius 3 is 2.56 bits per heavy atom. The molecule has 1 saturated heterocycles. The monoisotopic (exact) mass is 384 g/mol. The van der Waals surface area contributed by atoms with E-state index < -0.39 is 18.1 Å². The topological polar surface area (TPSA) is 58.1 Å². The van der Waals surface area contributed by atoms with Crippen LogP contribution < -0.4 is 5.32 Å².